The number of rotatable bonds is 4. The van der Waals surface area contributed by atoms with Gasteiger partial charge in [-0.3, -0.25) is 4.79 Å². The van der Waals surface area contributed by atoms with Gasteiger partial charge in [0, 0.05) is 25.0 Å². The molecule has 3 heteroatoms. The standard InChI is InChI=1S/C16H32N2O/c1-7-12(8-2)18(6)15(19)13-9-10-14(17)11(3)16(13,4)5/h11-14H,7-10,17H2,1-6H3. The Morgan fingerprint density at radius 2 is 1.84 bits per heavy atom. The molecule has 112 valence electrons. The lowest BCUT2D eigenvalue weighted by molar-refractivity contribution is -0.144. The van der Waals surface area contributed by atoms with Crippen LogP contribution in [0.1, 0.15) is 60.3 Å². The highest BCUT2D eigenvalue weighted by Crippen LogP contribution is 2.45. The van der Waals surface area contributed by atoms with Crippen molar-refractivity contribution in [2.24, 2.45) is 23.0 Å². The summed E-state index contributed by atoms with van der Waals surface area (Å²) in [6.45, 7) is 10.9. The maximum absolute atomic E-state index is 12.8. The summed E-state index contributed by atoms with van der Waals surface area (Å²) >= 11 is 0. The van der Waals surface area contributed by atoms with Crippen molar-refractivity contribution in [1.82, 2.24) is 4.90 Å². The second kappa shape index (κ2) is 6.25. The summed E-state index contributed by atoms with van der Waals surface area (Å²) in [5.41, 5.74) is 6.17. The van der Waals surface area contributed by atoms with E-state index in [2.05, 4.69) is 34.6 Å². The normalized spacial score (nSPS) is 30.4. The van der Waals surface area contributed by atoms with Crippen molar-refractivity contribution in [3.8, 4) is 0 Å². The zero-order valence-corrected chi connectivity index (χ0v) is 13.6. The molecule has 1 saturated carbocycles. The summed E-state index contributed by atoms with van der Waals surface area (Å²) < 4.78 is 0. The fourth-order valence-corrected chi connectivity index (χ4v) is 3.55. The molecule has 0 aromatic heterocycles. The van der Waals surface area contributed by atoms with Crippen molar-refractivity contribution in [1.29, 1.82) is 0 Å². The van der Waals surface area contributed by atoms with Gasteiger partial charge in [0.1, 0.15) is 0 Å². The molecule has 0 aliphatic heterocycles. The Morgan fingerprint density at radius 1 is 1.32 bits per heavy atom. The SMILES string of the molecule is CCC(CC)N(C)C(=O)C1CCC(N)C(C)C1(C)C. The molecule has 0 bridgehead atoms. The van der Waals surface area contributed by atoms with Crippen molar-refractivity contribution < 1.29 is 4.79 Å². The van der Waals surface area contributed by atoms with E-state index in [1.807, 2.05) is 11.9 Å². The van der Waals surface area contributed by atoms with Gasteiger partial charge in [-0.25, -0.2) is 0 Å². The predicted molar refractivity (Wildman–Crippen MR) is 80.8 cm³/mol. The summed E-state index contributed by atoms with van der Waals surface area (Å²) in [5.74, 6) is 0.829. The van der Waals surface area contributed by atoms with Crippen LogP contribution in [-0.2, 0) is 4.79 Å². The van der Waals surface area contributed by atoms with Gasteiger partial charge < -0.3 is 10.6 Å². The maximum Gasteiger partial charge on any atom is 0.226 e. The summed E-state index contributed by atoms with van der Waals surface area (Å²) in [4.78, 5) is 14.8. The monoisotopic (exact) mass is 268 g/mol. The van der Waals surface area contributed by atoms with E-state index in [9.17, 15) is 4.79 Å². The minimum Gasteiger partial charge on any atom is -0.343 e. The van der Waals surface area contributed by atoms with Gasteiger partial charge in [-0.15, -0.1) is 0 Å². The van der Waals surface area contributed by atoms with Crippen LogP contribution in [0, 0.1) is 17.3 Å². The van der Waals surface area contributed by atoms with Gasteiger partial charge >= 0.3 is 0 Å². The molecule has 0 heterocycles. The number of carbonyl (C=O) groups excluding carboxylic acids is 1. The lowest BCUT2D eigenvalue weighted by Crippen LogP contribution is -2.53. The van der Waals surface area contributed by atoms with E-state index >= 15 is 0 Å². The molecular formula is C16H32N2O. The van der Waals surface area contributed by atoms with Gasteiger partial charge in [0.15, 0.2) is 0 Å². The molecule has 1 amide bonds. The van der Waals surface area contributed by atoms with Crippen molar-refractivity contribution in [2.45, 2.75) is 72.4 Å². The highest BCUT2D eigenvalue weighted by Gasteiger charge is 2.46. The Kier molecular flexibility index (Phi) is 5.43. The summed E-state index contributed by atoms with van der Waals surface area (Å²) in [7, 11) is 1.97. The van der Waals surface area contributed by atoms with E-state index < -0.39 is 0 Å². The van der Waals surface area contributed by atoms with Crippen LogP contribution in [0.3, 0.4) is 0 Å². The average molecular weight is 268 g/mol. The third-order valence-corrected chi connectivity index (χ3v) is 5.64. The van der Waals surface area contributed by atoms with Gasteiger partial charge in [-0.2, -0.15) is 0 Å². The van der Waals surface area contributed by atoms with E-state index in [1.54, 1.807) is 0 Å². The summed E-state index contributed by atoms with van der Waals surface area (Å²) in [5, 5.41) is 0. The number of carbonyl (C=O) groups is 1. The molecule has 3 atom stereocenters. The highest BCUT2D eigenvalue weighted by molar-refractivity contribution is 5.80. The van der Waals surface area contributed by atoms with Crippen LogP contribution in [-0.4, -0.2) is 29.9 Å². The van der Waals surface area contributed by atoms with Crippen LogP contribution in [0.2, 0.25) is 0 Å². The molecule has 1 fully saturated rings. The Labute approximate surface area is 118 Å². The van der Waals surface area contributed by atoms with E-state index in [1.165, 1.54) is 0 Å². The summed E-state index contributed by atoms with van der Waals surface area (Å²) in [6.07, 6.45) is 3.96. The van der Waals surface area contributed by atoms with Gasteiger partial charge in [-0.1, -0.05) is 34.6 Å². The van der Waals surface area contributed by atoms with Crippen LogP contribution in [0.15, 0.2) is 0 Å². The highest BCUT2D eigenvalue weighted by atomic mass is 16.2. The van der Waals surface area contributed by atoms with Crippen molar-refractivity contribution in [3.63, 3.8) is 0 Å². The van der Waals surface area contributed by atoms with Crippen LogP contribution in [0.5, 0.6) is 0 Å². The van der Waals surface area contributed by atoms with Crippen molar-refractivity contribution >= 4 is 5.91 Å². The number of hydrogen-bond acceptors (Lipinski definition) is 2. The molecule has 0 spiro atoms. The second-order valence-electron chi connectivity index (χ2n) is 6.82. The number of nitrogens with two attached hydrogens (primary N) is 1. The third kappa shape index (κ3) is 3.13. The zero-order chi connectivity index (χ0) is 14.8. The molecule has 3 nitrogen and oxygen atoms in total. The second-order valence-corrected chi connectivity index (χ2v) is 6.82. The van der Waals surface area contributed by atoms with E-state index in [0.29, 0.717) is 17.9 Å². The number of amides is 1. The van der Waals surface area contributed by atoms with E-state index in [-0.39, 0.29) is 17.4 Å². The molecular weight excluding hydrogens is 236 g/mol. The first kappa shape index (κ1) is 16.5. The van der Waals surface area contributed by atoms with E-state index in [0.717, 1.165) is 25.7 Å². The molecule has 1 rings (SSSR count). The van der Waals surface area contributed by atoms with Crippen molar-refractivity contribution in [3.05, 3.63) is 0 Å². The molecule has 1 aliphatic carbocycles. The van der Waals surface area contributed by atoms with Crippen LogP contribution in [0.25, 0.3) is 0 Å². The predicted octanol–water partition coefficient (Wildman–Crippen LogP) is 3.03. The lowest BCUT2D eigenvalue weighted by Gasteiger charge is -2.47. The maximum atomic E-state index is 12.8. The molecule has 0 radical (unpaired) electrons. The Balaban J connectivity index is 2.87. The Bertz CT molecular complexity index is 310. The zero-order valence-electron chi connectivity index (χ0n) is 13.6. The molecule has 0 saturated heterocycles. The molecule has 2 N–H and O–H groups in total. The number of nitrogens with zero attached hydrogens (tertiary/aromatic N) is 1. The fraction of sp³-hybridized carbons (Fsp3) is 0.938. The van der Waals surface area contributed by atoms with Gasteiger partial charge in [0.05, 0.1) is 0 Å². The first-order chi connectivity index (χ1) is 8.77. The Morgan fingerprint density at radius 3 is 2.32 bits per heavy atom. The first-order valence-corrected chi connectivity index (χ1v) is 7.79. The smallest absolute Gasteiger partial charge is 0.226 e. The van der Waals surface area contributed by atoms with Crippen LogP contribution in [0.4, 0.5) is 0 Å². The van der Waals surface area contributed by atoms with E-state index in [4.69, 9.17) is 5.73 Å². The molecule has 0 aromatic carbocycles. The van der Waals surface area contributed by atoms with Gasteiger partial charge in [0.2, 0.25) is 5.91 Å². The first-order valence-electron chi connectivity index (χ1n) is 7.79. The average Bonchev–Trinajstić information content (AvgIpc) is 2.36. The molecule has 1 aliphatic rings. The Hall–Kier alpha value is -0.570. The van der Waals surface area contributed by atoms with Crippen LogP contribution >= 0.6 is 0 Å². The summed E-state index contributed by atoms with van der Waals surface area (Å²) in [6, 6.07) is 0.603. The minimum absolute atomic E-state index is 0.00492. The minimum atomic E-state index is -0.00492. The molecule has 3 unspecified atom stereocenters. The van der Waals surface area contributed by atoms with Gasteiger partial charge in [0.25, 0.3) is 0 Å². The van der Waals surface area contributed by atoms with Crippen molar-refractivity contribution in [2.75, 3.05) is 7.05 Å². The fourth-order valence-electron chi connectivity index (χ4n) is 3.55. The largest absolute Gasteiger partial charge is 0.343 e. The third-order valence-electron chi connectivity index (χ3n) is 5.64. The molecule has 0 aromatic rings. The topological polar surface area (TPSA) is 46.3 Å². The van der Waals surface area contributed by atoms with Crippen LogP contribution < -0.4 is 5.73 Å². The lowest BCUT2D eigenvalue weighted by atomic mass is 9.60. The number of hydrogen-bond donors (Lipinski definition) is 1. The molecule has 19 heavy (non-hydrogen) atoms. The van der Waals surface area contributed by atoms with Gasteiger partial charge in [-0.05, 0) is 37.0 Å². The quantitative estimate of drug-likeness (QED) is 0.852.